The Balaban J connectivity index is 1.26. The summed E-state index contributed by atoms with van der Waals surface area (Å²) in [5.74, 6) is -1.16. The first-order chi connectivity index (χ1) is 18.4. The second-order valence-electron chi connectivity index (χ2n) is 10.4. The van der Waals surface area contributed by atoms with Crippen molar-refractivity contribution in [1.82, 2.24) is 25.1 Å². The molecule has 2 amide bonds. The van der Waals surface area contributed by atoms with Crippen molar-refractivity contribution in [3.8, 4) is 0 Å². The number of piperidine rings is 1. The van der Waals surface area contributed by atoms with Crippen LogP contribution in [0.5, 0.6) is 0 Å². The summed E-state index contributed by atoms with van der Waals surface area (Å²) in [5, 5.41) is 9.63. The van der Waals surface area contributed by atoms with E-state index in [1.165, 1.54) is 12.8 Å². The smallest absolute Gasteiger partial charge is 0.271 e. The molecule has 3 aliphatic heterocycles. The number of nitrogens with zero attached hydrogens (tertiary/aromatic N) is 5. The fourth-order valence-electron chi connectivity index (χ4n) is 5.51. The third-order valence-electron chi connectivity index (χ3n) is 7.78. The topological polar surface area (TPSA) is 158 Å². The van der Waals surface area contributed by atoms with Gasteiger partial charge in [-0.25, -0.2) is 9.97 Å². The Labute approximate surface area is 223 Å². The first kappa shape index (κ1) is 26.1. The zero-order chi connectivity index (χ0) is 26.6. The molecule has 1 aromatic heterocycles. The number of hydrogen-bond acceptors (Lipinski definition) is 10. The molecule has 0 radical (unpaired) electrons. The highest BCUT2D eigenvalue weighted by Gasteiger charge is 2.27. The van der Waals surface area contributed by atoms with Gasteiger partial charge in [0.25, 0.3) is 11.8 Å². The number of benzene rings is 1. The van der Waals surface area contributed by atoms with Crippen molar-refractivity contribution in [3.63, 3.8) is 0 Å². The van der Waals surface area contributed by atoms with Crippen LogP contribution in [0.15, 0.2) is 24.3 Å². The maximum atomic E-state index is 12.1. The van der Waals surface area contributed by atoms with E-state index in [1.807, 2.05) is 12.1 Å². The average Bonchev–Trinajstić information content (AvgIpc) is 3.43. The van der Waals surface area contributed by atoms with Gasteiger partial charge in [-0.3, -0.25) is 14.5 Å². The minimum absolute atomic E-state index is 0.0781. The van der Waals surface area contributed by atoms with E-state index in [9.17, 15) is 9.59 Å². The minimum Gasteiger partial charge on any atom is -0.371 e. The quantitative estimate of drug-likeness (QED) is 0.329. The molecule has 204 valence electrons. The summed E-state index contributed by atoms with van der Waals surface area (Å²) in [6.07, 6.45) is 3.20. The second-order valence-corrected chi connectivity index (χ2v) is 10.4. The standard InChI is InChI=1S/C26H38N10O2/c1-34-12-14-36(15-13-34)20-7-10-35(11-8-20)19-4-2-17(3-5-19)30-25-21(23(27)37)32-22(24(28)38)26(33-25)31-18-6-9-29-16-18/h2-5,18,20,29H,6-16H2,1H3,(H2,27,37)(H2,28,38)(H2,30,31,33)/t18-/m1/s1. The summed E-state index contributed by atoms with van der Waals surface area (Å²) < 4.78 is 0. The molecule has 12 nitrogen and oxygen atoms in total. The van der Waals surface area contributed by atoms with Crippen molar-refractivity contribution < 1.29 is 9.59 Å². The van der Waals surface area contributed by atoms with Crippen LogP contribution in [0.2, 0.25) is 0 Å². The number of primary amides is 2. The van der Waals surface area contributed by atoms with Gasteiger partial charge >= 0.3 is 0 Å². The number of likely N-dealkylation sites (N-methyl/N-ethyl adjacent to an activating group) is 1. The largest absolute Gasteiger partial charge is 0.371 e. The van der Waals surface area contributed by atoms with E-state index in [0.717, 1.165) is 70.2 Å². The predicted octanol–water partition coefficient (Wildman–Crippen LogP) is 0.408. The van der Waals surface area contributed by atoms with Crippen LogP contribution in [0.3, 0.4) is 0 Å². The van der Waals surface area contributed by atoms with Gasteiger partial charge in [0, 0.05) is 69.3 Å². The Morgan fingerprint density at radius 3 is 2.16 bits per heavy atom. The molecule has 1 aromatic carbocycles. The number of amides is 2. The van der Waals surface area contributed by atoms with Crippen LogP contribution >= 0.6 is 0 Å². The van der Waals surface area contributed by atoms with E-state index in [2.05, 4.69) is 59.8 Å². The van der Waals surface area contributed by atoms with E-state index < -0.39 is 11.8 Å². The summed E-state index contributed by atoms with van der Waals surface area (Å²) in [6.45, 7) is 8.27. The van der Waals surface area contributed by atoms with Crippen molar-refractivity contribution in [2.24, 2.45) is 11.5 Å². The molecule has 12 heteroatoms. The first-order valence-corrected chi connectivity index (χ1v) is 13.4. The van der Waals surface area contributed by atoms with Gasteiger partial charge in [0.2, 0.25) is 0 Å². The molecule has 3 fully saturated rings. The number of carbonyl (C=O) groups is 2. The lowest BCUT2D eigenvalue weighted by Crippen LogP contribution is -2.52. The van der Waals surface area contributed by atoms with Crippen LogP contribution in [0.1, 0.15) is 40.2 Å². The number of anilines is 4. The van der Waals surface area contributed by atoms with Gasteiger partial charge in [0.15, 0.2) is 23.0 Å². The SMILES string of the molecule is CN1CCN(C2CCN(c3ccc(Nc4nc(N[C@@H]5CCNC5)c(C(N)=O)nc4C(N)=O)cc3)CC2)CC1. The molecule has 0 spiro atoms. The number of carbonyl (C=O) groups excluding carboxylic acids is 2. The van der Waals surface area contributed by atoms with Crippen LogP contribution in [-0.4, -0.2) is 103 Å². The number of aromatic nitrogens is 2. The summed E-state index contributed by atoms with van der Waals surface area (Å²) in [7, 11) is 2.19. The molecule has 5 rings (SSSR count). The Morgan fingerprint density at radius 1 is 0.895 bits per heavy atom. The van der Waals surface area contributed by atoms with Gasteiger partial charge in [-0.1, -0.05) is 0 Å². The van der Waals surface area contributed by atoms with Crippen molar-refractivity contribution in [1.29, 1.82) is 0 Å². The van der Waals surface area contributed by atoms with E-state index in [0.29, 0.717) is 6.04 Å². The van der Waals surface area contributed by atoms with Crippen molar-refractivity contribution >= 4 is 34.8 Å². The zero-order valence-corrected chi connectivity index (χ0v) is 21.9. The number of hydrogen-bond donors (Lipinski definition) is 5. The van der Waals surface area contributed by atoms with Crippen LogP contribution in [-0.2, 0) is 0 Å². The highest BCUT2D eigenvalue weighted by Crippen LogP contribution is 2.27. The highest BCUT2D eigenvalue weighted by molar-refractivity contribution is 6.01. The Hall–Kier alpha value is -3.48. The number of piperazine rings is 1. The van der Waals surface area contributed by atoms with Gasteiger partial charge in [0.05, 0.1) is 0 Å². The van der Waals surface area contributed by atoms with Gasteiger partial charge in [0.1, 0.15) is 0 Å². The molecule has 0 aliphatic carbocycles. The van der Waals surface area contributed by atoms with Gasteiger partial charge in [-0.2, -0.15) is 0 Å². The van der Waals surface area contributed by atoms with Gasteiger partial charge in [-0.05, 0) is 57.1 Å². The highest BCUT2D eigenvalue weighted by atomic mass is 16.2. The van der Waals surface area contributed by atoms with Gasteiger partial charge in [-0.15, -0.1) is 0 Å². The number of nitrogens with one attached hydrogen (secondary N) is 3. The summed E-state index contributed by atoms with van der Waals surface area (Å²) in [4.78, 5) is 40.3. The van der Waals surface area contributed by atoms with E-state index in [4.69, 9.17) is 11.5 Å². The van der Waals surface area contributed by atoms with Crippen molar-refractivity contribution in [2.75, 3.05) is 74.9 Å². The molecular formula is C26H38N10O2. The lowest BCUT2D eigenvalue weighted by Gasteiger charge is -2.42. The van der Waals surface area contributed by atoms with Crippen LogP contribution in [0.25, 0.3) is 0 Å². The van der Waals surface area contributed by atoms with Crippen LogP contribution in [0, 0.1) is 0 Å². The number of rotatable bonds is 8. The van der Waals surface area contributed by atoms with E-state index >= 15 is 0 Å². The molecule has 7 N–H and O–H groups in total. The fourth-order valence-corrected chi connectivity index (χ4v) is 5.51. The zero-order valence-electron chi connectivity index (χ0n) is 21.9. The minimum atomic E-state index is -0.795. The molecule has 1 atom stereocenters. The maximum Gasteiger partial charge on any atom is 0.271 e. The van der Waals surface area contributed by atoms with Crippen molar-refractivity contribution in [3.05, 3.63) is 35.7 Å². The molecule has 0 bridgehead atoms. The molecule has 0 unspecified atom stereocenters. The molecule has 3 saturated heterocycles. The Kier molecular flexibility index (Phi) is 7.91. The van der Waals surface area contributed by atoms with E-state index in [1.54, 1.807) is 0 Å². The van der Waals surface area contributed by atoms with Gasteiger partial charge < -0.3 is 37.2 Å². The fraction of sp³-hybridized carbons (Fsp3) is 0.538. The lowest BCUT2D eigenvalue weighted by atomic mass is 10.0. The Bertz CT molecular complexity index is 1140. The predicted molar refractivity (Wildman–Crippen MR) is 148 cm³/mol. The number of nitrogens with two attached hydrogens (primary N) is 2. The normalized spacial score (nSPS) is 21.4. The second kappa shape index (κ2) is 11.5. The molecule has 0 saturated carbocycles. The summed E-state index contributed by atoms with van der Waals surface area (Å²) >= 11 is 0. The Morgan fingerprint density at radius 2 is 1.55 bits per heavy atom. The van der Waals surface area contributed by atoms with Crippen LogP contribution in [0.4, 0.5) is 23.0 Å². The third-order valence-corrected chi connectivity index (χ3v) is 7.78. The molecule has 38 heavy (non-hydrogen) atoms. The summed E-state index contributed by atoms with van der Waals surface area (Å²) in [5.41, 5.74) is 12.7. The summed E-state index contributed by atoms with van der Waals surface area (Å²) in [6, 6.07) is 8.77. The van der Waals surface area contributed by atoms with Crippen LogP contribution < -0.4 is 32.3 Å². The monoisotopic (exact) mass is 522 g/mol. The average molecular weight is 523 g/mol. The molecule has 4 heterocycles. The third kappa shape index (κ3) is 5.98. The maximum absolute atomic E-state index is 12.1. The molecule has 2 aromatic rings. The first-order valence-electron chi connectivity index (χ1n) is 13.4. The molecule has 3 aliphatic rings. The van der Waals surface area contributed by atoms with Crippen molar-refractivity contribution in [2.45, 2.75) is 31.3 Å². The van der Waals surface area contributed by atoms with E-state index in [-0.39, 0.29) is 29.1 Å². The molecular weight excluding hydrogens is 484 g/mol. The lowest BCUT2D eigenvalue weighted by molar-refractivity contribution is 0.0982.